The number of hydrogen-bond donors (Lipinski definition) is 3. The molecule has 0 saturated carbocycles. The van der Waals surface area contributed by atoms with Crippen LogP contribution in [0.3, 0.4) is 0 Å². The molecule has 0 spiro atoms. The van der Waals surface area contributed by atoms with Gasteiger partial charge in [0.25, 0.3) is 0 Å². The zero-order valence-corrected chi connectivity index (χ0v) is 17.2. The molecule has 6 heteroatoms. The van der Waals surface area contributed by atoms with Gasteiger partial charge in [-0.1, -0.05) is 18.2 Å². The van der Waals surface area contributed by atoms with Gasteiger partial charge in [0, 0.05) is 31.4 Å². The lowest BCUT2D eigenvalue weighted by atomic mass is 9.94. The molecular weight excluding hydrogens is 380 g/mol. The van der Waals surface area contributed by atoms with Crippen LogP contribution in [0, 0.1) is 0 Å². The Kier molecular flexibility index (Phi) is 5.90. The first-order valence-corrected chi connectivity index (χ1v) is 10.3. The van der Waals surface area contributed by atoms with Crippen LogP contribution in [0.15, 0.2) is 54.9 Å². The summed E-state index contributed by atoms with van der Waals surface area (Å²) < 4.78 is 5.84. The lowest BCUT2D eigenvalue weighted by Crippen LogP contribution is -2.45. The number of nitrogens with zero attached hydrogens (tertiary/aromatic N) is 2. The number of hydrogen-bond acceptors (Lipinski definition) is 6. The van der Waals surface area contributed by atoms with Gasteiger partial charge in [-0.15, -0.1) is 0 Å². The van der Waals surface area contributed by atoms with Gasteiger partial charge in [0.1, 0.15) is 24.2 Å². The number of aliphatic hydroxyl groups excluding tert-OH is 1. The van der Waals surface area contributed by atoms with E-state index >= 15 is 0 Å². The number of benzene rings is 2. The molecule has 1 aromatic heterocycles. The van der Waals surface area contributed by atoms with Gasteiger partial charge in [-0.2, -0.15) is 0 Å². The van der Waals surface area contributed by atoms with Crippen LogP contribution in [0.5, 0.6) is 11.5 Å². The minimum absolute atomic E-state index is 0.135. The summed E-state index contributed by atoms with van der Waals surface area (Å²) in [5.41, 5.74) is 1.22. The summed E-state index contributed by atoms with van der Waals surface area (Å²) in [4.78, 5) is 6.21. The average molecular weight is 408 g/mol. The van der Waals surface area contributed by atoms with Crippen molar-refractivity contribution in [2.24, 2.45) is 0 Å². The smallest absolute Gasteiger partial charge is 0.134 e. The van der Waals surface area contributed by atoms with Gasteiger partial charge in [0.15, 0.2) is 0 Å². The Morgan fingerprint density at radius 3 is 2.57 bits per heavy atom. The second-order valence-electron chi connectivity index (χ2n) is 8.42. The Bertz CT molecular complexity index is 1010. The molecule has 3 N–H and O–H groups in total. The number of aliphatic hydroxyl groups is 2. The fraction of sp³-hybridized carbons (Fsp3) is 0.375. The highest BCUT2D eigenvalue weighted by Gasteiger charge is 2.28. The molecule has 1 fully saturated rings. The molecule has 0 aliphatic carbocycles. The molecule has 158 valence electrons. The maximum absolute atomic E-state index is 10.4. The average Bonchev–Trinajstić information content (AvgIpc) is 2.73. The second-order valence-corrected chi connectivity index (χ2v) is 8.42. The van der Waals surface area contributed by atoms with E-state index in [0.717, 1.165) is 47.8 Å². The van der Waals surface area contributed by atoms with Crippen LogP contribution in [0.4, 0.5) is 0 Å². The van der Waals surface area contributed by atoms with Gasteiger partial charge < -0.3 is 25.0 Å². The third-order valence-electron chi connectivity index (χ3n) is 5.71. The molecule has 1 aliphatic heterocycles. The lowest BCUT2D eigenvalue weighted by molar-refractivity contribution is -0.0201. The lowest BCUT2D eigenvalue weighted by Gasteiger charge is -2.36. The molecule has 2 heterocycles. The number of ether oxygens (including phenoxy) is 1. The highest BCUT2D eigenvalue weighted by atomic mass is 16.5. The zero-order valence-electron chi connectivity index (χ0n) is 17.2. The van der Waals surface area contributed by atoms with Crippen LogP contribution in [0.2, 0.25) is 0 Å². The van der Waals surface area contributed by atoms with Gasteiger partial charge in [0.2, 0.25) is 0 Å². The third-order valence-corrected chi connectivity index (χ3v) is 5.71. The van der Waals surface area contributed by atoms with Crippen molar-refractivity contribution in [3.8, 4) is 22.6 Å². The molecule has 2 aromatic carbocycles. The van der Waals surface area contributed by atoms with Gasteiger partial charge in [-0.25, -0.2) is 0 Å². The van der Waals surface area contributed by atoms with Crippen molar-refractivity contribution >= 4 is 10.8 Å². The van der Waals surface area contributed by atoms with E-state index in [1.165, 1.54) is 6.20 Å². The topological polar surface area (TPSA) is 86.1 Å². The molecule has 3 aromatic rings. The van der Waals surface area contributed by atoms with E-state index in [1.54, 1.807) is 12.3 Å². The minimum Gasteiger partial charge on any atom is -0.506 e. The first-order chi connectivity index (χ1) is 14.4. The molecule has 4 rings (SSSR count). The number of likely N-dealkylation sites (tertiary alicyclic amines) is 1. The monoisotopic (exact) mass is 408 g/mol. The van der Waals surface area contributed by atoms with Crippen LogP contribution in [-0.4, -0.2) is 63.1 Å². The Balaban J connectivity index is 1.39. The van der Waals surface area contributed by atoms with Crippen LogP contribution >= 0.6 is 0 Å². The molecule has 1 saturated heterocycles. The van der Waals surface area contributed by atoms with Crippen LogP contribution < -0.4 is 4.74 Å². The van der Waals surface area contributed by atoms with Crippen LogP contribution in [0.25, 0.3) is 21.9 Å². The van der Waals surface area contributed by atoms with Gasteiger partial charge in [0.05, 0.1) is 11.8 Å². The summed E-state index contributed by atoms with van der Waals surface area (Å²) in [5.74, 6) is 0.838. The second kappa shape index (κ2) is 8.60. The summed E-state index contributed by atoms with van der Waals surface area (Å²) in [6.45, 7) is 4.19. The maximum atomic E-state index is 10.4. The van der Waals surface area contributed by atoms with Crippen molar-refractivity contribution in [2.75, 3.05) is 26.2 Å². The largest absolute Gasteiger partial charge is 0.506 e. The molecule has 0 amide bonds. The minimum atomic E-state index is -0.589. The Morgan fingerprint density at radius 1 is 1.03 bits per heavy atom. The summed E-state index contributed by atoms with van der Waals surface area (Å²) in [7, 11) is 0. The first kappa shape index (κ1) is 20.6. The molecule has 0 bridgehead atoms. The first-order valence-electron chi connectivity index (χ1n) is 10.3. The molecule has 1 unspecified atom stereocenters. The van der Waals surface area contributed by atoms with Crippen LogP contribution in [0.1, 0.15) is 19.8 Å². The van der Waals surface area contributed by atoms with Gasteiger partial charge >= 0.3 is 0 Å². The Hall–Kier alpha value is -2.67. The number of pyridine rings is 1. The van der Waals surface area contributed by atoms with Crippen molar-refractivity contribution in [3.05, 3.63) is 54.9 Å². The van der Waals surface area contributed by atoms with Crippen molar-refractivity contribution in [2.45, 2.75) is 31.5 Å². The van der Waals surface area contributed by atoms with E-state index < -0.39 is 11.7 Å². The number of aromatic nitrogens is 1. The molecule has 0 radical (unpaired) electrons. The zero-order chi connectivity index (χ0) is 21.1. The number of β-amino-alcohol motifs (C(OH)–C–C–N with tert-alkyl or cyclic N) is 1. The van der Waals surface area contributed by atoms with E-state index in [4.69, 9.17) is 4.74 Å². The van der Waals surface area contributed by atoms with Crippen molar-refractivity contribution in [1.29, 1.82) is 0 Å². The fourth-order valence-corrected chi connectivity index (χ4v) is 3.84. The predicted molar refractivity (Wildman–Crippen MR) is 117 cm³/mol. The SMILES string of the molecule is CC1(O)CCN(CC(O)COc2ccc3ccc(-c4cncc(O)c4)cc3c2)CC1. The molecule has 1 aliphatic rings. The van der Waals surface area contributed by atoms with E-state index in [-0.39, 0.29) is 12.4 Å². The van der Waals surface area contributed by atoms with E-state index in [0.29, 0.717) is 12.3 Å². The van der Waals surface area contributed by atoms with Crippen molar-refractivity contribution in [3.63, 3.8) is 0 Å². The Morgan fingerprint density at radius 2 is 1.80 bits per heavy atom. The van der Waals surface area contributed by atoms with E-state index in [1.807, 2.05) is 43.3 Å². The number of rotatable bonds is 6. The predicted octanol–water partition coefficient (Wildman–Crippen LogP) is 3.19. The maximum Gasteiger partial charge on any atom is 0.134 e. The number of piperidine rings is 1. The molecular formula is C24H28N2O4. The quantitative estimate of drug-likeness (QED) is 0.581. The molecule has 30 heavy (non-hydrogen) atoms. The highest BCUT2D eigenvalue weighted by molar-refractivity contribution is 5.88. The summed E-state index contributed by atoms with van der Waals surface area (Å²) in [5, 5.41) is 32.2. The van der Waals surface area contributed by atoms with Gasteiger partial charge in [-0.3, -0.25) is 4.98 Å². The van der Waals surface area contributed by atoms with E-state index in [9.17, 15) is 15.3 Å². The van der Waals surface area contributed by atoms with Gasteiger partial charge in [-0.05, 0) is 60.4 Å². The summed E-state index contributed by atoms with van der Waals surface area (Å²) in [6.07, 6.45) is 3.99. The third kappa shape index (κ3) is 5.08. The van der Waals surface area contributed by atoms with Crippen LogP contribution in [-0.2, 0) is 0 Å². The number of fused-ring (bicyclic) bond motifs is 1. The van der Waals surface area contributed by atoms with Crippen molar-refractivity contribution < 1.29 is 20.1 Å². The van der Waals surface area contributed by atoms with E-state index in [2.05, 4.69) is 9.88 Å². The summed E-state index contributed by atoms with van der Waals surface area (Å²) in [6, 6.07) is 13.6. The number of aromatic hydroxyl groups is 1. The molecule has 1 atom stereocenters. The molecule has 6 nitrogen and oxygen atoms in total. The highest BCUT2D eigenvalue weighted by Crippen LogP contribution is 2.28. The fourth-order valence-electron chi connectivity index (χ4n) is 3.84. The normalized spacial score (nSPS) is 17.7. The summed E-state index contributed by atoms with van der Waals surface area (Å²) >= 11 is 0. The Labute approximate surface area is 176 Å². The van der Waals surface area contributed by atoms with Crippen molar-refractivity contribution in [1.82, 2.24) is 9.88 Å². The standard InChI is InChI=1S/C24H28N2O4/c1-24(29)6-8-26(9-7-24)15-22(28)16-30-23-5-4-17-2-3-18(10-19(17)12-23)20-11-21(27)14-25-13-20/h2-5,10-14,22,27-29H,6-9,15-16H2,1H3.